The summed E-state index contributed by atoms with van der Waals surface area (Å²) in [6, 6.07) is 1.28. The zero-order valence-corrected chi connectivity index (χ0v) is 12.8. The summed E-state index contributed by atoms with van der Waals surface area (Å²) in [4.78, 5) is 4.85. The van der Waals surface area contributed by atoms with Gasteiger partial charge in [-0.1, -0.05) is 20.8 Å². The second-order valence-corrected chi connectivity index (χ2v) is 5.56. The highest BCUT2D eigenvalue weighted by Gasteiger charge is 2.11. The van der Waals surface area contributed by atoms with Gasteiger partial charge in [0.2, 0.25) is 0 Å². The minimum absolute atomic E-state index is 0.616. The normalized spacial score (nSPS) is 13.9. The number of likely N-dealkylation sites (N-methyl/N-ethyl adjacent to an activating group) is 2. The van der Waals surface area contributed by atoms with E-state index in [1.807, 2.05) is 0 Å². The van der Waals surface area contributed by atoms with E-state index < -0.39 is 0 Å². The standard InChI is InChI=1S/C14H33N3/c1-7-17(14(4)12-16(5)6)11-9-8-10-15-13(2)3/h13-15H,7-12H2,1-6H3. The van der Waals surface area contributed by atoms with Crippen LogP contribution in [0.4, 0.5) is 0 Å². The van der Waals surface area contributed by atoms with Crippen molar-refractivity contribution in [2.24, 2.45) is 0 Å². The molecule has 17 heavy (non-hydrogen) atoms. The van der Waals surface area contributed by atoms with Crippen LogP contribution in [0.2, 0.25) is 0 Å². The van der Waals surface area contributed by atoms with Gasteiger partial charge in [-0.3, -0.25) is 4.90 Å². The van der Waals surface area contributed by atoms with Crippen molar-refractivity contribution >= 4 is 0 Å². The number of hydrogen-bond donors (Lipinski definition) is 1. The first-order chi connectivity index (χ1) is 7.97. The first-order valence-corrected chi connectivity index (χ1v) is 7.09. The summed E-state index contributed by atoms with van der Waals surface area (Å²) in [6.45, 7) is 13.7. The molecule has 0 aliphatic rings. The Morgan fingerprint density at radius 1 is 1.06 bits per heavy atom. The van der Waals surface area contributed by atoms with Crippen molar-refractivity contribution in [3.05, 3.63) is 0 Å². The van der Waals surface area contributed by atoms with Crippen LogP contribution in [0.15, 0.2) is 0 Å². The highest BCUT2D eigenvalue weighted by Crippen LogP contribution is 2.02. The lowest BCUT2D eigenvalue weighted by atomic mass is 10.2. The maximum atomic E-state index is 3.47. The molecular weight excluding hydrogens is 210 g/mol. The van der Waals surface area contributed by atoms with Gasteiger partial charge in [-0.05, 0) is 53.5 Å². The van der Waals surface area contributed by atoms with Crippen molar-refractivity contribution in [3.63, 3.8) is 0 Å². The van der Waals surface area contributed by atoms with Crippen LogP contribution < -0.4 is 5.32 Å². The molecular formula is C14H33N3. The summed E-state index contributed by atoms with van der Waals surface area (Å²) in [5.74, 6) is 0. The Hall–Kier alpha value is -0.120. The summed E-state index contributed by atoms with van der Waals surface area (Å²) in [6.07, 6.45) is 2.58. The molecule has 0 aromatic heterocycles. The molecule has 0 aliphatic carbocycles. The van der Waals surface area contributed by atoms with Crippen molar-refractivity contribution in [1.29, 1.82) is 0 Å². The Morgan fingerprint density at radius 2 is 1.71 bits per heavy atom. The van der Waals surface area contributed by atoms with Gasteiger partial charge in [0.25, 0.3) is 0 Å². The van der Waals surface area contributed by atoms with Crippen LogP contribution >= 0.6 is 0 Å². The molecule has 3 nitrogen and oxygen atoms in total. The van der Waals surface area contributed by atoms with Crippen LogP contribution in [-0.2, 0) is 0 Å². The molecule has 0 aromatic rings. The third-order valence-corrected chi connectivity index (χ3v) is 3.08. The molecule has 0 aromatic carbocycles. The summed E-state index contributed by atoms with van der Waals surface area (Å²) < 4.78 is 0. The predicted molar refractivity (Wildman–Crippen MR) is 77.6 cm³/mol. The molecule has 0 saturated heterocycles. The van der Waals surface area contributed by atoms with Crippen LogP contribution in [0.1, 0.15) is 40.5 Å². The van der Waals surface area contributed by atoms with E-state index >= 15 is 0 Å². The smallest absolute Gasteiger partial charge is 0.0194 e. The number of unbranched alkanes of at least 4 members (excludes halogenated alkanes) is 1. The summed E-state index contributed by atoms with van der Waals surface area (Å²) in [5, 5.41) is 3.47. The largest absolute Gasteiger partial charge is 0.315 e. The minimum Gasteiger partial charge on any atom is -0.315 e. The fraction of sp³-hybridized carbons (Fsp3) is 1.00. The highest BCUT2D eigenvalue weighted by molar-refractivity contribution is 4.68. The van der Waals surface area contributed by atoms with Gasteiger partial charge in [0.05, 0.1) is 0 Å². The van der Waals surface area contributed by atoms with Crippen molar-refractivity contribution in [1.82, 2.24) is 15.1 Å². The molecule has 1 unspecified atom stereocenters. The van der Waals surface area contributed by atoms with E-state index in [2.05, 4.69) is 56.9 Å². The zero-order valence-electron chi connectivity index (χ0n) is 12.8. The fourth-order valence-electron chi connectivity index (χ4n) is 2.16. The Bertz CT molecular complexity index is 169. The molecule has 0 bridgehead atoms. The van der Waals surface area contributed by atoms with Crippen LogP contribution in [0.25, 0.3) is 0 Å². The Labute approximate surface area is 109 Å². The summed E-state index contributed by atoms with van der Waals surface area (Å²) >= 11 is 0. The molecule has 104 valence electrons. The third kappa shape index (κ3) is 9.57. The molecule has 1 atom stereocenters. The van der Waals surface area contributed by atoms with Gasteiger partial charge in [-0.2, -0.15) is 0 Å². The van der Waals surface area contributed by atoms with E-state index in [4.69, 9.17) is 0 Å². The lowest BCUT2D eigenvalue weighted by molar-refractivity contribution is 0.178. The molecule has 1 N–H and O–H groups in total. The lowest BCUT2D eigenvalue weighted by Crippen LogP contribution is -2.40. The predicted octanol–water partition coefficient (Wildman–Crippen LogP) is 2.04. The third-order valence-electron chi connectivity index (χ3n) is 3.08. The Balaban J connectivity index is 3.67. The lowest BCUT2D eigenvalue weighted by Gasteiger charge is -2.30. The zero-order chi connectivity index (χ0) is 13.3. The summed E-state index contributed by atoms with van der Waals surface area (Å²) in [7, 11) is 4.30. The van der Waals surface area contributed by atoms with Crippen LogP contribution in [-0.4, -0.2) is 62.2 Å². The molecule has 0 rings (SSSR count). The first-order valence-electron chi connectivity index (χ1n) is 7.09. The maximum Gasteiger partial charge on any atom is 0.0194 e. The first kappa shape index (κ1) is 16.9. The number of rotatable bonds is 10. The van der Waals surface area contributed by atoms with E-state index in [0.717, 1.165) is 19.6 Å². The second kappa shape index (κ2) is 9.86. The topological polar surface area (TPSA) is 18.5 Å². The monoisotopic (exact) mass is 243 g/mol. The van der Waals surface area contributed by atoms with Crippen LogP contribution in [0.3, 0.4) is 0 Å². The van der Waals surface area contributed by atoms with Crippen molar-refractivity contribution in [2.45, 2.75) is 52.6 Å². The van der Waals surface area contributed by atoms with Gasteiger partial charge >= 0.3 is 0 Å². The highest BCUT2D eigenvalue weighted by atomic mass is 15.2. The van der Waals surface area contributed by atoms with E-state index in [0.29, 0.717) is 12.1 Å². The van der Waals surface area contributed by atoms with E-state index in [1.54, 1.807) is 0 Å². The van der Waals surface area contributed by atoms with Crippen molar-refractivity contribution in [3.8, 4) is 0 Å². The van der Waals surface area contributed by atoms with Gasteiger partial charge in [0.15, 0.2) is 0 Å². The molecule has 0 amide bonds. The van der Waals surface area contributed by atoms with Crippen LogP contribution in [0, 0.1) is 0 Å². The molecule has 0 fully saturated rings. The SMILES string of the molecule is CCN(CCCCNC(C)C)C(C)CN(C)C. The number of hydrogen-bond acceptors (Lipinski definition) is 3. The van der Waals surface area contributed by atoms with Gasteiger partial charge in [0.1, 0.15) is 0 Å². The van der Waals surface area contributed by atoms with E-state index in [1.165, 1.54) is 19.4 Å². The summed E-state index contributed by atoms with van der Waals surface area (Å²) in [5.41, 5.74) is 0. The molecule has 0 saturated carbocycles. The second-order valence-electron chi connectivity index (χ2n) is 5.56. The maximum absolute atomic E-state index is 3.47. The molecule has 3 heteroatoms. The Morgan fingerprint density at radius 3 is 2.18 bits per heavy atom. The average Bonchev–Trinajstić information content (AvgIpc) is 2.21. The average molecular weight is 243 g/mol. The van der Waals surface area contributed by atoms with Gasteiger partial charge in [0, 0.05) is 18.6 Å². The van der Waals surface area contributed by atoms with Gasteiger partial charge < -0.3 is 10.2 Å². The number of nitrogens with one attached hydrogen (secondary N) is 1. The molecule has 0 heterocycles. The Kier molecular flexibility index (Phi) is 9.79. The minimum atomic E-state index is 0.616. The van der Waals surface area contributed by atoms with Crippen molar-refractivity contribution in [2.75, 3.05) is 40.3 Å². The van der Waals surface area contributed by atoms with E-state index in [-0.39, 0.29) is 0 Å². The fourth-order valence-corrected chi connectivity index (χ4v) is 2.16. The molecule has 0 aliphatic heterocycles. The van der Waals surface area contributed by atoms with E-state index in [9.17, 15) is 0 Å². The van der Waals surface area contributed by atoms with Gasteiger partial charge in [-0.15, -0.1) is 0 Å². The molecule has 0 radical (unpaired) electrons. The quantitative estimate of drug-likeness (QED) is 0.592. The van der Waals surface area contributed by atoms with Crippen LogP contribution in [0.5, 0.6) is 0 Å². The van der Waals surface area contributed by atoms with Gasteiger partial charge in [-0.25, -0.2) is 0 Å². The molecule has 0 spiro atoms. The van der Waals surface area contributed by atoms with Crippen molar-refractivity contribution < 1.29 is 0 Å². The number of nitrogens with zero attached hydrogens (tertiary/aromatic N) is 2.